The van der Waals surface area contributed by atoms with E-state index in [2.05, 4.69) is 4.72 Å². The zero-order valence-electron chi connectivity index (χ0n) is 12.7. The molecule has 22 heavy (non-hydrogen) atoms. The summed E-state index contributed by atoms with van der Waals surface area (Å²) in [6.07, 6.45) is 1.02. The van der Waals surface area contributed by atoms with Gasteiger partial charge in [-0.25, -0.2) is 13.1 Å². The first kappa shape index (κ1) is 18.0. The number of hydrogen-bond donors (Lipinski definition) is 1. The van der Waals surface area contributed by atoms with Crippen LogP contribution in [0.4, 0.5) is 0 Å². The number of hydrogen-bond acceptors (Lipinski definition) is 3. The Bertz CT molecular complexity index is 619. The van der Waals surface area contributed by atoms with Crippen molar-refractivity contribution >= 4 is 33.2 Å². The third-order valence-corrected chi connectivity index (χ3v) is 6.51. The maximum atomic E-state index is 12.5. The second-order valence-corrected chi connectivity index (χ2v) is 8.69. The molecule has 4 nitrogen and oxygen atoms in total. The largest absolute Gasteiger partial charge is 0.381 e. The molecule has 0 spiro atoms. The van der Waals surface area contributed by atoms with Crippen molar-refractivity contribution in [2.45, 2.75) is 38.0 Å². The van der Waals surface area contributed by atoms with Gasteiger partial charge < -0.3 is 4.74 Å². The van der Waals surface area contributed by atoms with E-state index in [0.29, 0.717) is 36.1 Å². The van der Waals surface area contributed by atoms with Gasteiger partial charge in [0.2, 0.25) is 10.0 Å². The Balaban J connectivity index is 2.21. The molecule has 0 saturated carbocycles. The van der Waals surface area contributed by atoms with Crippen LogP contribution in [0, 0.1) is 5.92 Å². The fraction of sp³-hybridized carbons (Fsp3) is 0.600. The van der Waals surface area contributed by atoms with Gasteiger partial charge in [-0.05, 0) is 50.5 Å². The molecule has 1 aliphatic heterocycles. The van der Waals surface area contributed by atoms with Gasteiger partial charge in [0.05, 0.1) is 11.9 Å². The van der Waals surface area contributed by atoms with Gasteiger partial charge in [-0.1, -0.05) is 23.2 Å². The number of ether oxygens (including phenoxy) is 1. The highest BCUT2D eigenvalue weighted by molar-refractivity contribution is 7.90. The van der Waals surface area contributed by atoms with Crippen LogP contribution in [0.25, 0.3) is 0 Å². The minimum Gasteiger partial charge on any atom is -0.381 e. The molecule has 1 aromatic carbocycles. The lowest BCUT2D eigenvalue weighted by atomic mass is 9.93. The topological polar surface area (TPSA) is 55.4 Å². The fourth-order valence-electron chi connectivity index (χ4n) is 2.77. The van der Waals surface area contributed by atoms with E-state index in [4.69, 9.17) is 27.9 Å². The molecule has 1 N–H and O–H groups in total. The highest BCUT2D eigenvalue weighted by Crippen LogP contribution is 2.29. The summed E-state index contributed by atoms with van der Waals surface area (Å²) in [5, 5.41) is 0.720. The van der Waals surface area contributed by atoms with Crippen LogP contribution in [0.5, 0.6) is 0 Å². The summed E-state index contributed by atoms with van der Waals surface area (Å²) in [6.45, 7) is 4.51. The van der Waals surface area contributed by atoms with Crippen LogP contribution < -0.4 is 4.72 Å². The molecule has 0 radical (unpaired) electrons. The van der Waals surface area contributed by atoms with Gasteiger partial charge in [0.15, 0.2) is 0 Å². The van der Waals surface area contributed by atoms with Crippen molar-refractivity contribution in [3.63, 3.8) is 0 Å². The van der Waals surface area contributed by atoms with Crippen molar-refractivity contribution in [3.8, 4) is 0 Å². The van der Waals surface area contributed by atoms with E-state index < -0.39 is 15.3 Å². The summed E-state index contributed by atoms with van der Waals surface area (Å²) >= 11 is 12.2. The van der Waals surface area contributed by atoms with E-state index in [1.807, 2.05) is 13.8 Å². The highest BCUT2D eigenvalue weighted by atomic mass is 35.5. The lowest BCUT2D eigenvalue weighted by Gasteiger charge is -2.32. The van der Waals surface area contributed by atoms with Gasteiger partial charge in [0.25, 0.3) is 0 Å². The molecule has 1 aromatic rings. The summed E-state index contributed by atoms with van der Waals surface area (Å²) in [5.41, 5.74) is 0.856. The van der Waals surface area contributed by atoms with E-state index in [-0.39, 0.29) is 12.0 Å². The molecule has 1 fully saturated rings. The minimum atomic E-state index is -3.38. The monoisotopic (exact) mass is 365 g/mol. The fourth-order valence-corrected chi connectivity index (χ4v) is 5.08. The first-order valence-corrected chi connectivity index (χ1v) is 9.62. The molecule has 7 heteroatoms. The molecule has 0 aliphatic carbocycles. The van der Waals surface area contributed by atoms with Crippen molar-refractivity contribution in [2.75, 3.05) is 13.2 Å². The molecule has 0 bridgehead atoms. The molecule has 2 atom stereocenters. The summed E-state index contributed by atoms with van der Waals surface area (Å²) in [5.74, 6) is -0.138. The van der Waals surface area contributed by atoms with Gasteiger partial charge in [-0.15, -0.1) is 0 Å². The second-order valence-electron chi connectivity index (χ2n) is 5.92. The SMILES string of the molecule is CC(C)NS(=O)(=O)[C@@H]1CCOC[C@H]1Cc1cc(Cl)ccc1Cl. The Morgan fingerprint density at radius 3 is 2.77 bits per heavy atom. The van der Waals surface area contributed by atoms with E-state index >= 15 is 0 Å². The minimum absolute atomic E-state index is 0.122. The van der Waals surface area contributed by atoms with Crippen LogP contribution in [-0.4, -0.2) is 32.9 Å². The van der Waals surface area contributed by atoms with Crippen LogP contribution in [0.2, 0.25) is 10.0 Å². The van der Waals surface area contributed by atoms with Crippen LogP contribution in [0.3, 0.4) is 0 Å². The Hall–Kier alpha value is -0.330. The number of halogens is 2. The molecule has 2 rings (SSSR count). The van der Waals surface area contributed by atoms with Crippen molar-refractivity contribution in [2.24, 2.45) is 5.92 Å². The van der Waals surface area contributed by atoms with Gasteiger partial charge >= 0.3 is 0 Å². The summed E-state index contributed by atoms with van der Waals surface area (Å²) in [4.78, 5) is 0. The lowest BCUT2D eigenvalue weighted by Crippen LogP contribution is -2.46. The molecular formula is C15H21Cl2NO3S. The first-order valence-electron chi connectivity index (χ1n) is 7.32. The van der Waals surface area contributed by atoms with Crippen molar-refractivity contribution in [3.05, 3.63) is 33.8 Å². The zero-order valence-corrected chi connectivity index (χ0v) is 15.0. The molecule has 1 heterocycles. The van der Waals surface area contributed by atoms with E-state index in [1.165, 1.54) is 0 Å². The molecule has 0 amide bonds. The van der Waals surface area contributed by atoms with E-state index in [0.717, 1.165) is 5.56 Å². The normalized spacial score (nSPS) is 23.0. The van der Waals surface area contributed by atoms with Gasteiger partial charge in [0, 0.05) is 28.6 Å². The Kier molecular flexibility index (Phi) is 6.14. The third kappa shape index (κ3) is 4.59. The molecule has 1 saturated heterocycles. The third-order valence-electron chi connectivity index (χ3n) is 3.69. The van der Waals surface area contributed by atoms with Crippen molar-refractivity contribution in [1.82, 2.24) is 4.72 Å². The predicted molar refractivity (Wildman–Crippen MR) is 90.1 cm³/mol. The maximum Gasteiger partial charge on any atom is 0.215 e. The number of rotatable bonds is 5. The average Bonchev–Trinajstić information content (AvgIpc) is 2.42. The maximum absolute atomic E-state index is 12.5. The number of sulfonamides is 1. The van der Waals surface area contributed by atoms with Crippen LogP contribution in [0.15, 0.2) is 18.2 Å². The standard InChI is InChI=1S/C15H21Cl2NO3S/c1-10(2)18-22(19,20)15-5-6-21-9-12(15)7-11-8-13(16)3-4-14(11)17/h3-4,8,10,12,15,18H,5-7,9H2,1-2H3/t12-,15-/m1/s1. The number of nitrogens with one attached hydrogen (secondary N) is 1. The summed E-state index contributed by atoms with van der Waals surface area (Å²) < 4.78 is 33.2. The summed E-state index contributed by atoms with van der Waals surface area (Å²) in [7, 11) is -3.38. The van der Waals surface area contributed by atoms with Crippen LogP contribution >= 0.6 is 23.2 Å². The Labute approximate surface area is 142 Å². The van der Waals surface area contributed by atoms with Crippen LogP contribution in [0.1, 0.15) is 25.8 Å². The average molecular weight is 366 g/mol. The molecular weight excluding hydrogens is 345 g/mol. The predicted octanol–water partition coefficient (Wildman–Crippen LogP) is 3.27. The first-order chi connectivity index (χ1) is 10.3. The van der Waals surface area contributed by atoms with Gasteiger partial charge in [-0.3, -0.25) is 0 Å². The van der Waals surface area contributed by atoms with E-state index in [1.54, 1.807) is 18.2 Å². The molecule has 0 unspecified atom stereocenters. The van der Waals surface area contributed by atoms with Crippen LogP contribution in [-0.2, 0) is 21.2 Å². The highest BCUT2D eigenvalue weighted by Gasteiger charge is 2.36. The second kappa shape index (κ2) is 7.49. The van der Waals surface area contributed by atoms with Crippen molar-refractivity contribution in [1.29, 1.82) is 0 Å². The molecule has 124 valence electrons. The summed E-state index contributed by atoms with van der Waals surface area (Å²) in [6, 6.07) is 5.12. The zero-order chi connectivity index (χ0) is 16.3. The van der Waals surface area contributed by atoms with Gasteiger partial charge in [0.1, 0.15) is 0 Å². The van der Waals surface area contributed by atoms with Gasteiger partial charge in [-0.2, -0.15) is 0 Å². The Morgan fingerprint density at radius 1 is 1.36 bits per heavy atom. The quantitative estimate of drug-likeness (QED) is 0.870. The lowest BCUT2D eigenvalue weighted by molar-refractivity contribution is 0.0569. The molecule has 1 aliphatic rings. The van der Waals surface area contributed by atoms with E-state index in [9.17, 15) is 8.42 Å². The number of benzene rings is 1. The van der Waals surface area contributed by atoms with Crippen molar-refractivity contribution < 1.29 is 13.2 Å². The Morgan fingerprint density at radius 2 is 2.09 bits per heavy atom. The molecule has 0 aromatic heterocycles. The smallest absolute Gasteiger partial charge is 0.215 e.